The lowest BCUT2D eigenvalue weighted by molar-refractivity contribution is 0.0734. The van der Waals surface area contributed by atoms with Gasteiger partial charge in [-0.15, -0.1) is 0 Å². The first-order valence-corrected chi connectivity index (χ1v) is 11.4. The van der Waals surface area contributed by atoms with Crippen LogP contribution in [0.1, 0.15) is 82.0 Å². The van der Waals surface area contributed by atoms with Crippen molar-refractivity contribution in [2.24, 2.45) is 0 Å². The van der Waals surface area contributed by atoms with Gasteiger partial charge in [0.25, 0.3) is 0 Å². The predicted molar refractivity (Wildman–Crippen MR) is 122 cm³/mol. The zero-order valence-electron chi connectivity index (χ0n) is 18.5. The molecule has 4 heteroatoms. The molecule has 0 aliphatic heterocycles. The summed E-state index contributed by atoms with van der Waals surface area (Å²) in [6.45, 7) is 5.81. The van der Waals surface area contributed by atoms with Crippen LogP contribution in [0.3, 0.4) is 0 Å². The van der Waals surface area contributed by atoms with Crippen molar-refractivity contribution in [1.29, 1.82) is 0 Å². The fraction of sp³-hybridized carbons (Fsp3) is 0.500. The Morgan fingerprint density at radius 3 is 1.63 bits per heavy atom. The smallest absolute Gasteiger partial charge is 0.343 e. The van der Waals surface area contributed by atoms with Crippen molar-refractivity contribution < 1.29 is 19.0 Å². The minimum atomic E-state index is -0.381. The van der Waals surface area contributed by atoms with E-state index in [0.29, 0.717) is 17.9 Å². The SMILES string of the molecule is CCCCCCCCOc1ccc(OC(=O)c2ccc(OCCCCC)cc2)cc1. The number of rotatable bonds is 15. The molecule has 2 aromatic rings. The van der Waals surface area contributed by atoms with Gasteiger partial charge < -0.3 is 14.2 Å². The number of carbonyl (C=O) groups excluding carboxylic acids is 1. The lowest BCUT2D eigenvalue weighted by Crippen LogP contribution is -2.08. The van der Waals surface area contributed by atoms with Gasteiger partial charge in [0, 0.05) is 0 Å². The van der Waals surface area contributed by atoms with Crippen LogP contribution in [-0.2, 0) is 0 Å². The van der Waals surface area contributed by atoms with Gasteiger partial charge in [0.05, 0.1) is 18.8 Å². The molecule has 0 fully saturated rings. The summed E-state index contributed by atoms with van der Waals surface area (Å²) in [5.74, 6) is 1.70. The van der Waals surface area contributed by atoms with E-state index in [4.69, 9.17) is 14.2 Å². The molecule has 0 unspecified atom stereocenters. The summed E-state index contributed by atoms with van der Waals surface area (Å²) >= 11 is 0. The second-order valence-electron chi connectivity index (χ2n) is 7.56. The van der Waals surface area contributed by atoms with E-state index >= 15 is 0 Å². The Hall–Kier alpha value is -2.49. The predicted octanol–water partition coefficient (Wildman–Crippen LogP) is 7.21. The molecule has 0 saturated heterocycles. The highest BCUT2D eigenvalue weighted by molar-refractivity contribution is 5.91. The Balaban J connectivity index is 1.71. The summed E-state index contributed by atoms with van der Waals surface area (Å²) in [4.78, 5) is 12.3. The fourth-order valence-electron chi connectivity index (χ4n) is 3.07. The molecule has 30 heavy (non-hydrogen) atoms. The van der Waals surface area contributed by atoms with E-state index in [0.717, 1.165) is 37.4 Å². The molecule has 2 aromatic carbocycles. The van der Waals surface area contributed by atoms with Crippen molar-refractivity contribution in [1.82, 2.24) is 0 Å². The normalized spacial score (nSPS) is 10.6. The molecular formula is C26H36O4. The van der Waals surface area contributed by atoms with Gasteiger partial charge in [-0.3, -0.25) is 0 Å². The third kappa shape index (κ3) is 9.34. The Labute approximate surface area is 181 Å². The van der Waals surface area contributed by atoms with Crippen LogP contribution in [0.2, 0.25) is 0 Å². The number of unbranched alkanes of at least 4 members (excludes halogenated alkanes) is 7. The molecule has 0 heterocycles. The second kappa shape index (κ2) is 14.5. The number of carbonyl (C=O) groups is 1. The van der Waals surface area contributed by atoms with Gasteiger partial charge in [-0.25, -0.2) is 4.79 Å². The molecule has 0 bridgehead atoms. The molecular weight excluding hydrogens is 376 g/mol. The van der Waals surface area contributed by atoms with Crippen molar-refractivity contribution in [3.63, 3.8) is 0 Å². The second-order valence-corrected chi connectivity index (χ2v) is 7.56. The molecule has 0 spiro atoms. The highest BCUT2D eigenvalue weighted by atomic mass is 16.5. The maximum absolute atomic E-state index is 12.3. The van der Waals surface area contributed by atoms with Crippen LogP contribution < -0.4 is 14.2 Å². The van der Waals surface area contributed by atoms with Crippen LogP contribution in [0.5, 0.6) is 17.2 Å². The van der Waals surface area contributed by atoms with Gasteiger partial charge >= 0.3 is 5.97 Å². The summed E-state index contributed by atoms with van der Waals surface area (Å²) in [6.07, 6.45) is 10.8. The van der Waals surface area contributed by atoms with E-state index in [1.807, 2.05) is 24.3 Å². The van der Waals surface area contributed by atoms with E-state index in [1.54, 1.807) is 24.3 Å². The number of hydrogen-bond donors (Lipinski definition) is 0. The standard InChI is InChI=1S/C26H36O4/c1-3-5-7-8-9-11-21-29-24-16-18-25(19-17-24)30-26(27)22-12-14-23(15-13-22)28-20-10-6-4-2/h12-19H,3-11,20-21H2,1-2H3. The summed E-state index contributed by atoms with van der Waals surface area (Å²) in [5.41, 5.74) is 0.499. The monoisotopic (exact) mass is 412 g/mol. The topological polar surface area (TPSA) is 44.8 Å². The average molecular weight is 413 g/mol. The van der Waals surface area contributed by atoms with Crippen molar-refractivity contribution in [3.8, 4) is 17.2 Å². The summed E-state index contributed by atoms with van der Waals surface area (Å²) in [5, 5.41) is 0. The zero-order chi connectivity index (χ0) is 21.4. The number of ether oxygens (including phenoxy) is 3. The quantitative estimate of drug-likeness (QED) is 0.176. The van der Waals surface area contributed by atoms with Gasteiger partial charge in [0.2, 0.25) is 0 Å². The van der Waals surface area contributed by atoms with E-state index < -0.39 is 0 Å². The minimum Gasteiger partial charge on any atom is -0.494 e. The van der Waals surface area contributed by atoms with Gasteiger partial charge in [0.15, 0.2) is 0 Å². The Kier molecular flexibility index (Phi) is 11.5. The largest absolute Gasteiger partial charge is 0.494 e. The van der Waals surface area contributed by atoms with Crippen molar-refractivity contribution in [2.45, 2.75) is 71.6 Å². The Morgan fingerprint density at radius 2 is 1.03 bits per heavy atom. The third-order valence-corrected chi connectivity index (χ3v) is 4.91. The first kappa shape index (κ1) is 23.8. The molecule has 0 atom stereocenters. The molecule has 164 valence electrons. The van der Waals surface area contributed by atoms with Crippen LogP contribution >= 0.6 is 0 Å². The van der Waals surface area contributed by atoms with Crippen LogP contribution in [-0.4, -0.2) is 19.2 Å². The van der Waals surface area contributed by atoms with Crippen molar-refractivity contribution in [3.05, 3.63) is 54.1 Å². The molecule has 0 aliphatic rings. The third-order valence-electron chi connectivity index (χ3n) is 4.91. The van der Waals surface area contributed by atoms with E-state index in [9.17, 15) is 4.79 Å². The van der Waals surface area contributed by atoms with E-state index in [1.165, 1.54) is 38.5 Å². The van der Waals surface area contributed by atoms with Crippen LogP contribution in [0, 0.1) is 0 Å². The lowest BCUT2D eigenvalue weighted by atomic mass is 10.1. The summed E-state index contributed by atoms with van der Waals surface area (Å²) < 4.78 is 16.9. The first-order valence-electron chi connectivity index (χ1n) is 11.4. The molecule has 0 saturated carbocycles. The highest BCUT2D eigenvalue weighted by Gasteiger charge is 2.09. The minimum absolute atomic E-state index is 0.381. The Morgan fingerprint density at radius 1 is 0.600 bits per heavy atom. The Bertz CT molecular complexity index is 707. The molecule has 0 aromatic heterocycles. The van der Waals surface area contributed by atoms with Crippen molar-refractivity contribution >= 4 is 5.97 Å². The maximum atomic E-state index is 12.3. The highest BCUT2D eigenvalue weighted by Crippen LogP contribution is 2.20. The summed E-state index contributed by atoms with van der Waals surface area (Å²) in [7, 11) is 0. The molecule has 0 aliphatic carbocycles. The molecule has 0 amide bonds. The first-order chi connectivity index (χ1) is 14.7. The fourth-order valence-corrected chi connectivity index (χ4v) is 3.07. The lowest BCUT2D eigenvalue weighted by Gasteiger charge is -2.09. The average Bonchev–Trinajstić information content (AvgIpc) is 2.77. The van der Waals surface area contributed by atoms with Gasteiger partial charge in [-0.2, -0.15) is 0 Å². The van der Waals surface area contributed by atoms with Crippen LogP contribution in [0.15, 0.2) is 48.5 Å². The van der Waals surface area contributed by atoms with Gasteiger partial charge in [-0.05, 0) is 61.4 Å². The van der Waals surface area contributed by atoms with Crippen LogP contribution in [0.25, 0.3) is 0 Å². The van der Waals surface area contributed by atoms with E-state index in [-0.39, 0.29) is 5.97 Å². The number of esters is 1. The van der Waals surface area contributed by atoms with Crippen molar-refractivity contribution in [2.75, 3.05) is 13.2 Å². The van der Waals surface area contributed by atoms with E-state index in [2.05, 4.69) is 13.8 Å². The molecule has 2 rings (SSSR count). The molecule has 0 N–H and O–H groups in total. The molecule has 0 radical (unpaired) electrons. The van der Waals surface area contributed by atoms with Crippen LogP contribution in [0.4, 0.5) is 0 Å². The zero-order valence-corrected chi connectivity index (χ0v) is 18.5. The maximum Gasteiger partial charge on any atom is 0.343 e. The number of benzene rings is 2. The van der Waals surface area contributed by atoms with Gasteiger partial charge in [-0.1, -0.05) is 58.8 Å². The number of hydrogen-bond acceptors (Lipinski definition) is 4. The summed E-state index contributed by atoms with van der Waals surface area (Å²) in [6, 6.07) is 14.3. The van der Waals surface area contributed by atoms with Gasteiger partial charge in [0.1, 0.15) is 17.2 Å². The molecule has 4 nitrogen and oxygen atoms in total.